The zero-order valence-electron chi connectivity index (χ0n) is 19.4. The minimum Gasteiger partial charge on any atom is -0.325 e. The van der Waals surface area contributed by atoms with E-state index < -0.39 is 11.6 Å². The number of benzene rings is 1. The Kier molecular flexibility index (Phi) is 5.62. The van der Waals surface area contributed by atoms with Gasteiger partial charge in [-0.3, -0.25) is 4.90 Å². The van der Waals surface area contributed by atoms with Crippen molar-refractivity contribution in [3.8, 4) is 11.3 Å². The maximum absolute atomic E-state index is 14.9. The number of imidazole rings is 1. The fourth-order valence-electron chi connectivity index (χ4n) is 4.94. The van der Waals surface area contributed by atoms with Crippen LogP contribution in [0.2, 0.25) is 0 Å². The van der Waals surface area contributed by atoms with Crippen molar-refractivity contribution in [1.29, 1.82) is 0 Å². The van der Waals surface area contributed by atoms with Gasteiger partial charge in [0.05, 0.1) is 11.7 Å². The molecule has 6 rings (SSSR count). The largest absolute Gasteiger partial charge is 0.325 e. The number of pyridine rings is 1. The quantitative estimate of drug-likeness (QED) is 0.453. The first-order chi connectivity index (χ1) is 17.0. The number of nitrogens with one attached hydrogen (secondary N) is 2. The Labute approximate surface area is 201 Å². The third kappa shape index (κ3) is 4.23. The van der Waals surface area contributed by atoms with Crippen molar-refractivity contribution >= 4 is 22.8 Å². The Hall–Kier alpha value is -3.50. The molecule has 35 heavy (non-hydrogen) atoms. The van der Waals surface area contributed by atoms with Gasteiger partial charge in [-0.1, -0.05) is 6.07 Å². The third-order valence-electron chi connectivity index (χ3n) is 6.75. The molecule has 0 bridgehead atoms. The molecule has 0 unspecified atom stereocenters. The van der Waals surface area contributed by atoms with Crippen molar-refractivity contribution in [2.45, 2.75) is 32.4 Å². The summed E-state index contributed by atoms with van der Waals surface area (Å²) in [5.41, 5.74) is 2.46. The van der Waals surface area contributed by atoms with Crippen LogP contribution in [0.5, 0.6) is 0 Å². The van der Waals surface area contributed by atoms with E-state index in [0.29, 0.717) is 22.4 Å². The molecule has 2 N–H and O–H groups in total. The zero-order valence-corrected chi connectivity index (χ0v) is 19.4. The average molecular weight is 477 g/mol. The molecule has 0 saturated carbocycles. The second kappa shape index (κ2) is 8.94. The van der Waals surface area contributed by atoms with Crippen molar-refractivity contribution in [2.75, 3.05) is 31.5 Å². The summed E-state index contributed by atoms with van der Waals surface area (Å²) in [5.74, 6) is 0.496. The summed E-state index contributed by atoms with van der Waals surface area (Å²) in [4.78, 5) is 19.7. The Morgan fingerprint density at radius 3 is 2.71 bits per heavy atom. The monoisotopic (exact) mass is 476 g/mol. The van der Waals surface area contributed by atoms with Crippen LogP contribution in [0.25, 0.3) is 22.3 Å². The molecule has 0 aliphatic carbocycles. The number of rotatable bonds is 5. The third-order valence-corrected chi connectivity index (χ3v) is 6.75. The lowest BCUT2D eigenvalue weighted by molar-refractivity contribution is 0.233. The summed E-state index contributed by atoms with van der Waals surface area (Å²) in [6, 6.07) is 7.13. The second-order valence-electron chi connectivity index (χ2n) is 9.20. The number of hydrogen-bond donors (Lipinski definition) is 2. The van der Waals surface area contributed by atoms with E-state index in [9.17, 15) is 8.78 Å². The van der Waals surface area contributed by atoms with Gasteiger partial charge in [-0.15, -0.1) is 0 Å². The van der Waals surface area contributed by atoms with Gasteiger partial charge in [0.2, 0.25) is 5.95 Å². The first-order valence-corrected chi connectivity index (χ1v) is 11.9. The summed E-state index contributed by atoms with van der Waals surface area (Å²) in [5, 5.41) is 6.38. The van der Waals surface area contributed by atoms with Gasteiger partial charge in [0.15, 0.2) is 11.6 Å². The van der Waals surface area contributed by atoms with Crippen molar-refractivity contribution in [2.24, 2.45) is 0 Å². The predicted molar refractivity (Wildman–Crippen MR) is 129 cm³/mol. The Balaban J connectivity index is 1.26. The molecular formula is C25H26F2N8. The van der Waals surface area contributed by atoms with Gasteiger partial charge in [-0.25, -0.2) is 28.7 Å². The lowest BCUT2D eigenvalue weighted by atomic mass is 10.1. The van der Waals surface area contributed by atoms with Crippen LogP contribution in [0.15, 0.2) is 36.7 Å². The lowest BCUT2D eigenvalue weighted by Gasteiger charge is -2.27. The Bertz CT molecular complexity index is 1380. The first-order valence-electron chi connectivity index (χ1n) is 11.9. The minimum atomic E-state index is -0.622. The van der Waals surface area contributed by atoms with Gasteiger partial charge >= 0.3 is 0 Å². The maximum Gasteiger partial charge on any atom is 0.229 e. The van der Waals surface area contributed by atoms with E-state index in [1.807, 2.05) is 22.9 Å². The Morgan fingerprint density at radius 2 is 1.91 bits per heavy atom. The van der Waals surface area contributed by atoms with E-state index in [4.69, 9.17) is 0 Å². The van der Waals surface area contributed by atoms with Crippen LogP contribution in [0, 0.1) is 11.6 Å². The summed E-state index contributed by atoms with van der Waals surface area (Å²) >= 11 is 0. The van der Waals surface area contributed by atoms with E-state index in [2.05, 4.69) is 42.4 Å². The van der Waals surface area contributed by atoms with Gasteiger partial charge in [0.1, 0.15) is 22.9 Å². The van der Waals surface area contributed by atoms with Crippen LogP contribution >= 0.6 is 0 Å². The van der Waals surface area contributed by atoms with Gasteiger partial charge in [0.25, 0.3) is 0 Å². The number of halogens is 2. The van der Waals surface area contributed by atoms with Gasteiger partial charge in [-0.05, 0) is 37.1 Å². The van der Waals surface area contributed by atoms with E-state index in [1.54, 1.807) is 6.07 Å². The van der Waals surface area contributed by atoms with E-state index in [0.717, 1.165) is 63.2 Å². The molecule has 2 aliphatic heterocycles. The summed E-state index contributed by atoms with van der Waals surface area (Å²) in [6.07, 6.45) is 4.68. The second-order valence-corrected chi connectivity index (χ2v) is 9.20. The first kappa shape index (κ1) is 22.0. The summed E-state index contributed by atoms with van der Waals surface area (Å²) in [7, 11) is 0. The maximum atomic E-state index is 14.9. The number of hydrogen-bond acceptors (Lipinski definition) is 7. The Morgan fingerprint density at radius 1 is 1.06 bits per heavy atom. The van der Waals surface area contributed by atoms with Crippen LogP contribution in [0.1, 0.15) is 30.8 Å². The molecule has 0 amide bonds. The minimum absolute atomic E-state index is 0.0276. The highest BCUT2D eigenvalue weighted by Gasteiger charge is 2.25. The zero-order chi connectivity index (χ0) is 23.9. The van der Waals surface area contributed by atoms with Gasteiger partial charge < -0.3 is 15.2 Å². The molecule has 0 radical (unpaired) electrons. The molecule has 0 spiro atoms. The number of nitrogens with zero attached hydrogens (tertiary/aromatic N) is 6. The van der Waals surface area contributed by atoms with Crippen molar-refractivity contribution < 1.29 is 8.78 Å². The topological polar surface area (TPSA) is 83.8 Å². The highest BCUT2D eigenvalue weighted by Crippen LogP contribution is 2.34. The van der Waals surface area contributed by atoms with Gasteiger partial charge in [-0.2, -0.15) is 0 Å². The van der Waals surface area contributed by atoms with E-state index >= 15 is 0 Å². The highest BCUT2D eigenvalue weighted by molar-refractivity contribution is 5.83. The molecule has 1 fully saturated rings. The molecule has 5 heterocycles. The number of anilines is 2. The van der Waals surface area contributed by atoms with E-state index in [-0.39, 0.29) is 17.7 Å². The van der Waals surface area contributed by atoms with Crippen molar-refractivity contribution in [3.63, 3.8) is 0 Å². The summed E-state index contributed by atoms with van der Waals surface area (Å²) < 4.78 is 31.7. The number of aryl methyl sites for hydroxylation is 1. The molecule has 180 valence electrons. The number of piperazine rings is 1. The predicted octanol–water partition coefficient (Wildman–Crippen LogP) is 3.82. The smallest absolute Gasteiger partial charge is 0.229 e. The summed E-state index contributed by atoms with van der Waals surface area (Å²) in [6.45, 7) is 6.95. The molecule has 8 nitrogen and oxygen atoms in total. The van der Waals surface area contributed by atoms with Crippen LogP contribution < -0.4 is 10.6 Å². The number of fused-ring (bicyclic) bond motifs is 3. The molecule has 2 aliphatic rings. The van der Waals surface area contributed by atoms with Crippen LogP contribution in [0.3, 0.4) is 0 Å². The van der Waals surface area contributed by atoms with Crippen LogP contribution in [-0.4, -0.2) is 55.6 Å². The molecule has 3 aromatic heterocycles. The molecule has 4 aromatic rings. The highest BCUT2D eigenvalue weighted by atomic mass is 19.1. The molecule has 10 heteroatoms. The molecular weight excluding hydrogens is 450 g/mol. The van der Waals surface area contributed by atoms with Crippen LogP contribution in [-0.2, 0) is 13.0 Å². The van der Waals surface area contributed by atoms with Crippen molar-refractivity contribution in [3.05, 3.63) is 59.7 Å². The standard InChI is InChI=1S/C25H26F2N8/c1-15-2-5-22-32-24-18(26)10-17(11-20(24)35(15)22)23-19(27)13-30-25(33-23)31-21-4-3-16(12-29-21)14-34-8-6-28-7-9-34/h3-4,10-13,15,28H,2,5-9,14H2,1H3,(H,29,30,31,33)/t15-/m0/s1. The average Bonchev–Trinajstić information content (AvgIpc) is 3.42. The van der Waals surface area contributed by atoms with Crippen LogP contribution in [0.4, 0.5) is 20.5 Å². The fraction of sp³-hybridized carbons (Fsp3) is 0.360. The number of aromatic nitrogens is 5. The molecule has 1 aromatic carbocycles. The molecule has 1 saturated heterocycles. The SMILES string of the molecule is C[C@H]1CCc2nc3c(F)cc(-c4nc(Nc5ccc(CN6CCNCC6)cn5)ncc4F)cc3n21. The lowest BCUT2D eigenvalue weighted by Crippen LogP contribution is -2.42. The molecule has 1 atom stereocenters. The van der Waals surface area contributed by atoms with Crippen molar-refractivity contribution in [1.82, 2.24) is 34.7 Å². The fourth-order valence-corrected chi connectivity index (χ4v) is 4.94. The normalized spacial score (nSPS) is 18.2. The van der Waals surface area contributed by atoms with Gasteiger partial charge in [0, 0.05) is 56.9 Å². The van der Waals surface area contributed by atoms with E-state index in [1.165, 1.54) is 6.07 Å².